The first-order chi connectivity index (χ1) is 25.3. The van der Waals surface area contributed by atoms with E-state index in [1.807, 2.05) is 118 Å². The van der Waals surface area contributed by atoms with Gasteiger partial charge in [-0.05, 0) is 0 Å². The third-order valence-electron chi connectivity index (χ3n) is 8.21. The van der Waals surface area contributed by atoms with Crippen molar-refractivity contribution >= 4 is 56.5 Å². The summed E-state index contributed by atoms with van der Waals surface area (Å²) in [5.41, 5.74) is 5.45. The van der Waals surface area contributed by atoms with Gasteiger partial charge in [0.2, 0.25) is 0 Å². The summed E-state index contributed by atoms with van der Waals surface area (Å²) >= 11 is 0. The first-order valence-corrected chi connectivity index (χ1v) is 18.5. The molecular formula is C46H57N8Y9-3. The molecule has 10 rings (SSSR count). The fraction of sp³-hybridized carbons (Fsp3) is 0.239. The van der Waals surface area contributed by atoms with E-state index < -0.39 is 0 Å². The summed E-state index contributed by atoms with van der Waals surface area (Å²) in [4.78, 5) is 30.9. The van der Waals surface area contributed by atoms with Crippen LogP contribution in [0.25, 0.3) is 21.5 Å². The van der Waals surface area contributed by atoms with Gasteiger partial charge < -0.3 is 22.3 Å². The van der Waals surface area contributed by atoms with E-state index in [-0.39, 0.29) is 317 Å². The largest absolute Gasteiger partial charge is 0.358 e. The van der Waals surface area contributed by atoms with E-state index in [9.17, 15) is 0 Å². The zero-order valence-electron chi connectivity index (χ0n) is 39.7. The van der Waals surface area contributed by atoms with E-state index in [1.165, 1.54) is 0 Å². The van der Waals surface area contributed by atoms with Gasteiger partial charge in [-0.25, -0.2) is 30.0 Å². The maximum atomic E-state index is 5.22. The molecule has 0 unspecified atom stereocenters. The van der Waals surface area contributed by atoms with Crippen LogP contribution in [-0.4, -0.2) is 32.5 Å². The van der Waals surface area contributed by atoms with E-state index in [0.717, 1.165) is 66.4 Å². The molecule has 9 radical (unpaired) electrons. The molecule has 6 heterocycles. The fourth-order valence-corrected chi connectivity index (χ4v) is 6.35. The van der Waals surface area contributed by atoms with Crippen LogP contribution < -0.4 is 11.0 Å². The van der Waals surface area contributed by atoms with Crippen LogP contribution in [0.5, 0.6) is 0 Å². The summed E-state index contributed by atoms with van der Waals surface area (Å²) in [5.74, 6) is 4.18. The van der Waals surface area contributed by atoms with Gasteiger partial charge in [-0.3, -0.25) is 9.13 Å². The van der Waals surface area contributed by atoms with E-state index in [1.54, 1.807) is 0 Å². The van der Waals surface area contributed by atoms with Crippen molar-refractivity contribution in [2.45, 2.75) is 75.9 Å². The predicted molar refractivity (Wildman–Crippen MR) is 236 cm³/mol. The third kappa shape index (κ3) is 17.7. The Morgan fingerprint density at radius 2 is 0.540 bits per heavy atom. The van der Waals surface area contributed by atoms with Crippen LogP contribution in [0.2, 0.25) is 0 Å². The maximum Gasteiger partial charge on any atom is 0.164 e. The molecule has 0 saturated carbocycles. The van der Waals surface area contributed by atoms with Gasteiger partial charge in [-0.2, -0.15) is 0 Å². The summed E-state index contributed by atoms with van der Waals surface area (Å²) in [7, 11) is 0. The maximum absolute atomic E-state index is 5.22. The monoisotopic (exact) mass is 1520 g/mol. The summed E-state index contributed by atoms with van der Waals surface area (Å²) in [6.07, 6.45) is 0. The number of amidine groups is 4. The molecular weight excluding hydrogens is 1460 g/mol. The Labute approximate surface area is 605 Å². The standard InChI is InChI=1S/C33H18N8.5C2H6.3CH3.9Y/c1-2-10-19-18(9-1)26-34-27(19)37-31-24-15-7-8-16-25(24)33-39-29-21-12-4-3-11-20(21)28(35-29)38-32-23-14-6-5-13-22(23)30(36-26)40(32)17-41(31)33;5*1-2;;;;;;;;;;;;/h1-16H,17H2;5*1-2H3;3*1H3;;;;;;;;;/q;;;;;;3*-1;;;;;;;;;. The normalized spacial score (nSPS) is 10.7. The van der Waals surface area contributed by atoms with Crippen molar-refractivity contribution in [3.8, 4) is 0 Å². The van der Waals surface area contributed by atoms with Crippen molar-refractivity contribution in [3.05, 3.63) is 153 Å². The Morgan fingerprint density at radius 1 is 0.302 bits per heavy atom. The number of rotatable bonds is 0. The molecule has 0 saturated heterocycles. The van der Waals surface area contributed by atoms with E-state index >= 15 is 0 Å². The molecule has 0 amide bonds. The van der Waals surface area contributed by atoms with E-state index in [0.29, 0.717) is 30.0 Å². The Balaban J connectivity index is -0.000000216. The molecule has 63 heavy (non-hydrogen) atoms. The van der Waals surface area contributed by atoms with Crippen LogP contribution in [0, 0.1) is 22.3 Å². The third-order valence-corrected chi connectivity index (χ3v) is 8.21. The van der Waals surface area contributed by atoms with Crippen LogP contribution in [-0.2, 0) is 301 Å². The minimum absolute atomic E-state index is 0. The second-order valence-electron chi connectivity index (χ2n) is 10.4. The van der Waals surface area contributed by atoms with Gasteiger partial charge in [0.05, 0.1) is 0 Å². The van der Waals surface area contributed by atoms with E-state index in [4.69, 9.17) is 30.0 Å². The van der Waals surface area contributed by atoms with Gasteiger partial charge in [-0.15, -0.1) is 0 Å². The molecule has 2 aromatic heterocycles. The molecule has 0 spiro atoms. The topological polar surface area (TPSA) is 84.0 Å². The smallest absolute Gasteiger partial charge is 0.164 e. The number of aromatic nitrogens is 2. The zero-order valence-corrected chi connectivity index (χ0v) is 65.3. The molecule has 0 aliphatic carbocycles. The molecule has 4 aromatic carbocycles. The molecule has 0 fully saturated rings. The Bertz CT molecular complexity index is 2320. The summed E-state index contributed by atoms with van der Waals surface area (Å²) < 4.78 is 4.31. The Morgan fingerprint density at radius 3 is 0.825 bits per heavy atom. The molecule has 311 valence electrons. The summed E-state index contributed by atoms with van der Waals surface area (Å²) in [6, 6.07) is 32.9. The van der Waals surface area contributed by atoms with Crippen molar-refractivity contribution in [2.75, 3.05) is 0 Å². The molecule has 6 aromatic rings. The summed E-state index contributed by atoms with van der Waals surface area (Å²) in [5, 5.41) is 4.02. The molecule has 4 aliphatic rings. The predicted octanol–water partition coefficient (Wildman–Crippen LogP) is 11.5. The zero-order chi connectivity index (χ0) is 36.7. The van der Waals surface area contributed by atoms with Crippen LogP contribution in [0.15, 0.2) is 127 Å². The van der Waals surface area contributed by atoms with Crippen molar-refractivity contribution < 1.29 is 294 Å². The van der Waals surface area contributed by atoms with Crippen LogP contribution >= 0.6 is 0 Å². The number of benzene rings is 4. The van der Waals surface area contributed by atoms with Crippen LogP contribution in [0.1, 0.15) is 91.5 Å². The molecule has 0 atom stereocenters. The van der Waals surface area contributed by atoms with Gasteiger partial charge in [0.25, 0.3) is 0 Å². The second-order valence-corrected chi connectivity index (χ2v) is 10.4. The van der Waals surface area contributed by atoms with Crippen molar-refractivity contribution in [1.29, 1.82) is 0 Å². The fourth-order valence-electron chi connectivity index (χ4n) is 6.35. The first-order valence-electron chi connectivity index (χ1n) is 18.5. The number of nitrogens with zero attached hydrogens (tertiary/aromatic N) is 8. The van der Waals surface area contributed by atoms with E-state index in [2.05, 4.69) is 57.7 Å². The van der Waals surface area contributed by atoms with Crippen molar-refractivity contribution in [1.82, 2.24) is 9.13 Å². The number of fused-ring (bicyclic) bond motifs is 14. The van der Waals surface area contributed by atoms with Gasteiger partial charge in [0.1, 0.15) is 29.3 Å². The van der Waals surface area contributed by atoms with Crippen LogP contribution in [0.3, 0.4) is 0 Å². The quantitative estimate of drug-likeness (QED) is 0.136. The van der Waals surface area contributed by atoms with Crippen LogP contribution in [0.4, 0.5) is 11.6 Å². The Hall–Kier alpha value is 4.18. The minimum atomic E-state index is 0. The molecule has 6 bridgehead atoms. The summed E-state index contributed by atoms with van der Waals surface area (Å²) in [6.45, 7) is 20.4. The minimum Gasteiger partial charge on any atom is -0.358 e. The molecule has 0 N–H and O–H groups in total. The molecule has 8 nitrogen and oxygen atoms in total. The van der Waals surface area contributed by atoms with Gasteiger partial charge in [-0.1, -0.05) is 166 Å². The van der Waals surface area contributed by atoms with Gasteiger partial charge in [0, 0.05) is 338 Å². The van der Waals surface area contributed by atoms with Crippen molar-refractivity contribution in [3.63, 3.8) is 0 Å². The van der Waals surface area contributed by atoms with Gasteiger partial charge in [0.15, 0.2) is 23.3 Å². The molecule has 17 heteroatoms. The number of hydrogen-bond donors (Lipinski definition) is 0. The van der Waals surface area contributed by atoms with Crippen molar-refractivity contribution in [2.24, 2.45) is 30.0 Å². The molecule has 4 aliphatic heterocycles. The number of aliphatic imine (C=N–C) groups is 4. The van der Waals surface area contributed by atoms with Gasteiger partial charge >= 0.3 is 0 Å². The first kappa shape index (κ1) is 84.0. The number of hydrogen-bond acceptors (Lipinski definition) is 6. The average molecular weight is 1520 g/mol. The second kappa shape index (κ2) is 42.7. The average Bonchev–Trinajstić information content (AvgIpc) is 3.92. The SMILES string of the molecule is CC.CC.CC.CC.CC.[CH3-].[CH3-].[CH3-].[Y].[Y].[Y].[Y].[Y].[Y].[Y].[Y].[Y].c1ccc2c(c1)C1=NC2=Nc2c3ccccc3c3n2Cn2c(c4ccccc4c2=NC2=NC(=N3)c3ccccc32)=N1. The Kier molecular flexibility index (Phi) is 56.9.